The number of nitrogens with zero attached hydrogens (tertiary/aromatic N) is 4. The van der Waals surface area contributed by atoms with E-state index in [-0.39, 0.29) is 18.1 Å². The van der Waals surface area contributed by atoms with E-state index in [1.165, 1.54) is 12.8 Å². The van der Waals surface area contributed by atoms with Crippen LogP contribution in [-0.4, -0.2) is 31.6 Å². The van der Waals surface area contributed by atoms with Crippen LogP contribution < -0.4 is 22.1 Å². The number of aryl methyl sites for hydroxylation is 1. The second-order valence-corrected chi connectivity index (χ2v) is 8.27. The molecule has 29 heavy (non-hydrogen) atoms. The minimum atomic E-state index is 0.117. The minimum absolute atomic E-state index is 0.117. The maximum Gasteiger partial charge on any atom is 0.227 e. The lowest BCUT2D eigenvalue weighted by Gasteiger charge is -2.29. The lowest BCUT2D eigenvalue weighted by atomic mass is 9.91. The third kappa shape index (κ3) is 4.12. The fourth-order valence-corrected chi connectivity index (χ4v) is 3.97. The Bertz CT molecular complexity index is 989. The van der Waals surface area contributed by atoms with Gasteiger partial charge in [-0.3, -0.25) is 0 Å². The van der Waals surface area contributed by atoms with E-state index in [4.69, 9.17) is 21.4 Å². The first-order chi connectivity index (χ1) is 13.9. The second kappa shape index (κ2) is 7.87. The van der Waals surface area contributed by atoms with Crippen LogP contribution in [0.3, 0.4) is 0 Å². The van der Waals surface area contributed by atoms with Crippen LogP contribution >= 0.6 is 0 Å². The van der Waals surface area contributed by atoms with Crippen LogP contribution in [0, 0.1) is 6.92 Å². The Balaban J connectivity index is 1.75. The van der Waals surface area contributed by atoms with Gasteiger partial charge in [-0.2, -0.15) is 9.97 Å². The smallest absolute Gasteiger partial charge is 0.227 e. The second-order valence-electron chi connectivity index (χ2n) is 8.27. The van der Waals surface area contributed by atoms with Gasteiger partial charge >= 0.3 is 0 Å². The van der Waals surface area contributed by atoms with Gasteiger partial charge in [-0.05, 0) is 57.4 Å². The first-order valence-electron chi connectivity index (χ1n) is 10.3. The average Bonchev–Trinajstić information content (AvgIpc) is 3.07. The van der Waals surface area contributed by atoms with E-state index in [1.807, 2.05) is 31.5 Å². The van der Waals surface area contributed by atoms with Gasteiger partial charge in [0.2, 0.25) is 5.95 Å². The first-order valence-corrected chi connectivity index (χ1v) is 10.3. The van der Waals surface area contributed by atoms with E-state index in [2.05, 4.69) is 34.0 Å². The summed E-state index contributed by atoms with van der Waals surface area (Å²) >= 11 is 0. The van der Waals surface area contributed by atoms with Crippen molar-refractivity contribution in [1.29, 1.82) is 0 Å². The van der Waals surface area contributed by atoms with Gasteiger partial charge in [-0.15, -0.1) is 0 Å². The van der Waals surface area contributed by atoms with Crippen molar-refractivity contribution in [2.45, 2.75) is 64.6 Å². The Morgan fingerprint density at radius 2 is 1.93 bits per heavy atom. The van der Waals surface area contributed by atoms with Gasteiger partial charge in [-0.1, -0.05) is 12.8 Å². The van der Waals surface area contributed by atoms with Gasteiger partial charge in [0.25, 0.3) is 0 Å². The van der Waals surface area contributed by atoms with Crippen molar-refractivity contribution < 1.29 is 0 Å². The molecule has 1 aliphatic rings. The summed E-state index contributed by atoms with van der Waals surface area (Å²) in [5, 5.41) is 6.87. The quantitative estimate of drug-likeness (QED) is 0.487. The van der Waals surface area contributed by atoms with Gasteiger partial charge < -0.3 is 26.7 Å². The molecule has 6 N–H and O–H groups in total. The van der Waals surface area contributed by atoms with Crippen LogP contribution in [-0.2, 0) is 0 Å². The number of hydrogen-bond acceptors (Lipinski definition) is 7. The van der Waals surface area contributed by atoms with Crippen molar-refractivity contribution in [3.05, 3.63) is 30.1 Å². The number of benzene rings is 1. The maximum atomic E-state index is 6.33. The van der Waals surface area contributed by atoms with Gasteiger partial charge in [0.15, 0.2) is 17.0 Å². The lowest BCUT2D eigenvalue weighted by Crippen LogP contribution is -2.43. The third-order valence-electron chi connectivity index (χ3n) is 5.47. The zero-order valence-corrected chi connectivity index (χ0v) is 17.3. The minimum Gasteiger partial charge on any atom is -0.399 e. The highest BCUT2D eigenvalue weighted by molar-refractivity contribution is 5.87. The monoisotopic (exact) mass is 394 g/mol. The standard InChI is InChI=1S/C21H30N8/c1-12(2)29-11-24-18-19(25-15-9-13(3)8-14(22)10-15)27-21(28-20(18)29)26-17-7-5-4-6-16(17)23/h8-12,16-17H,4-7,22-23H2,1-3H3,(H2,25,26,27,28)/t16-,17+/m0/s1. The summed E-state index contributed by atoms with van der Waals surface area (Å²) in [5.74, 6) is 1.23. The number of nitrogens with one attached hydrogen (secondary N) is 2. The molecular weight excluding hydrogens is 364 g/mol. The Labute approximate surface area is 171 Å². The molecule has 1 aliphatic carbocycles. The highest BCUT2D eigenvalue weighted by Crippen LogP contribution is 2.28. The molecule has 2 heterocycles. The van der Waals surface area contributed by atoms with E-state index in [1.54, 1.807) is 0 Å². The van der Waals surface area contributed by atoms with Crippen molar-refractivity contribution >= 4 is 34.3 Å². The number of aromatic nitrogens is 4. The van der Waals surface area contributed by atoms with Gasteiger partial charge in [0.1, 0.15) is 0 Å². The molecule has 0 aliphatic heterocycles. The normalized spacial score (nSPS) is 19.6. The van der Waals surface area contributed by atoms with E-state index < -0.39 is 0 Å². The van der Waals surface area contributed by atoms with Gasteiger partial charge in [-0.25, -0.2) is 4.98 Å². The summed E-state index contributed by atoms with van der Waals surface area (Å²) < 4.78 is 2.05. The van der Waals surface area contributed by atoms with Crippen LogP contribution in [0.5, 0.6) is 0 Å². The fraction of sp³-hybridized carbons (Fsp3) is 0.476. The summed E-state index contributed by atoms with van der Waals surface area (Å²) in [6.07, 6.45) is 6.22. The number of imidazole rings is 1. The molecule has 0 radical (unpaired) electrons. The molecule has 8 nitrogen and oxygen atoms in total. The summed E-state index contributed by atoms with van der Waals surface area (Å²) in [6, 6.07) is 6.40. The predicted octanol–water partition coefficient (Wildman–Crippen LogP) is 3.72. The number of nitrogens with two attached hydrogens (primary N) is 2. The zero-order valence-electron chi connectivity index (χ0n) is 17.3. The van der Waals surface area contributed by atoms with Crippen molar-refractivity contribution in [2.75, 3.05) is 16.4 Å². The van der Waals surface area contributed by atoms with Crippen molar-refractivity contribution in [1.82, 2.24) is 19.5 Å². The largest absolute Gasteiger partial charge is 0.399 e. The Hall–Kier alpha value is -2.87. The molecular formula is C21H30N8. The molecule has 0 saturated heterocycles. The highest BCUT2D eigenvalue weighted by atomic mass is 15.2. The molecule has 0 amide bonds. The molecule has 8 heteroatoms. The van der Waals surface area contributed by atoms with Crippen LogP contribution in [0.1, 0.15) is 51.1 Å². The predicted molar refractivity (Wildman–Crippen MR) is 118 cm³/mol. The molecule has 1 aromatic carbocycles. The van der Waals surface area contributed by atoms with E-state index in [9.17, 15) is 0 Å². The zero-order chi connectivity index (χ0) is 20.5. The summed E-state index contributed by atoms with van der Waals surface area (Å²) in [5.41, 5.74) is 16.5. The molecule has 0 bridgehead atoms. The maximum absolute atomic E-state index is 6.33. The lowest BCUT2D eigenvalue weighted by molar-refractivity contribution is 0.402. The van der Waals surface area contributed by atoms with Crippen LogP contribution in [0.15, 0.2) is 24.5 Å². The summed E-state index contributed by atoms with van der Waals surface area (Å²) in [7, 11) is 0. The Kier molecular flexibility index (Phi) is 5.27. The van der Waals surface area contributed by atoms with E-state index >= 15 is 0 Å². The van der Waals surface area contributed by atoms with Gasteiger partial charge in [0.05, 0.1) is 6.33 Å². The average molecular weight is 395 g/mol. The molecule has 4 rings (SSSR count). The number of hydrogen-bond donors (Lipinski definition) is 4. The number of rotatable bonds is 5. The topological polar surface area (TPSA) is 120 Å². The van der Waals surface area contributed by atoms with Crippen LogP contribution in [0.25, 0.3) is 11.2 Å². The fourth-order valence-electron chi connectivity index (χ4n) is 3.97. The molecule has 1 fully saturated rings. The van der Waals surface area contributed by atoms with E-state index in [0.29, 0.717) is 17.5 Å². The summed E-state index contributed by atoms with van der Waals surface area (Å²) in [4.78, 5) is 14.1. The Morgan fingerprint density at radius 3 is 2.66 bits per heavy atom. The molecule has 2 atom stereocenters. The van der Waals surface area contributed by atoms with Gasteiger partial charge in [0, 0.05) is 29.5 Å². The molecule has 0 unspecified atom stereocenters. The van der Waals surface area contributed by atoms with Crippen molar-refractivity contribution in [3.8, 4) is 0 Å². The molecule has 3 aromatic rings. The SMILES string of the molecule is Cc1cc(N)cc(Nc2nc(N[C@@H]3CCCC[C@@H]3N)nc3c2ncn3C(C)C)c1. The molecule has 1 saturated carbocycles. The number of nitrogen functional groups attached to an aromatic ring is 1. The Morgan fingerprint density at radius 1 is 1.14 bits per heavy atom. The number of anilines is 4. The molecule has 2 aromatic heterocycles. The molecule has 154 valence electrons. The van der Waals surface area contributed by atoms with Crippen LogP contribution in [0.4, 0.5) is 23.1 Å². The molecule has 0 spiro atoms. The third-order valence-corrected chi connectivity index (χ3v) is 5.47. The first kappa shape index (κ1) is 19.4. The van der Waals surface area contributed by atoms with Crippen LogP contribution in [0.2, 0.25) is 0 Å². The van der Waals surface area contributed by atoms with Crippen molar-refractivity contribution in [3.63, 3.8) is 0 Å². The van der Waals surface area contributed by atoms with Crippen molar-refractivity contribution in [2.24, 2.45) is 5.73 Å². The highest BCUT2D eigenvalue weighted by Gasteiger charge is 2.23. The summed E-state index contributed by atoms with van der Waals surface area (Å²) in [6.45, 7) is 6.24. The number of fused-ring (bicyclic) bond motifs is 1. The van der Waals surface area contributed by atoms with E-state index in [0.717, 1.165) is 35.3 Å².